The molecule has 0 radical (unpaired) electrons. The number of fused-ring (bicyclic) bond motifs is 1. The second-order valence-electron chi connectivity index (χ2n) is 6.10. The van der Waals surface area contributed by atoms with Crippen LogP contribution in [0.5, 0.6) is 5.75 Å². The fourth-order valence-corrected chi connectivity index (χ4v) is 3.32. The van der Waals surface area contributed by atoms with E-state index in [0.717, 1.165) is 17.7 Å². The van der Waals surface area contributed by atoms with Gasteiger partial charge < -0.3 is 9.64 Å². The molecule has 26 heavy (non-hydrogen) atoms. The summed E-state index contributed by atoms with van der Waals surface area (Å²) in [5, 5.41) is 8.30. The van der Waals surface area contributed by atoms with E-state index in [9.17, 15) is 9.18 Å². The van der Waals surface area contributed by atoms with E-state index in [4.69, 9.17) is 16.3 Å². The number of allylic oxidation sites excluding steroid dienone is 1. The summed E-state index contributed by atoms with van der Waals surface area (Å²) in [4.78, 5) is 13.0. The largest absolute Gasteiger partial charge is 0.483 e. The lowest BCUT2D eigenvalue weighted by molar-refractivity contribution is -0.115. The maximum Gasteiger partial charge on any atom is 0.214 e. The van der Waals surface area contributed by atoms with Gasteiger partial charge in [0, 0.05) is 24.2 Å². The van der Waals surface area contributed by atoms with Gasteiger partial charge in [0.25, 0.3) is 0 Å². The molecule has 1 aliphatic rings. The van der Waals surface area contributed by atoms with Crippen molar-refractivity contribution in [3.63, 3.8) is 0 Å². The van der Waals surface area contributed by atoms with Crippen LogP contribution < -0.4 is 4.74 Å². The molecule has 0 atom stereocenters. The SMILES string of the molecule is CC/C=C1/c2c(c(Cl)cc(F)c2OCc2nnn(C)c2C)CCN1C=O. The molecule has 1 aromatic heterocycles. The summed E-state index contributed by atoms with van der Waals surface area (Å²) in [5.41, 5.74) is 3.41. The van der Waals surface area contributed by atoms with Gasteiger partial charge in [0.15, 0.2) is 11.6 Å². The highest BCUT2D eigenvalue weighted by Crippen LogP contribution is 2.41. The van der Waals surface area contributed by atoms with Crippen molar-refractivity contribution in [2.45, 2.75) is 33.3 Å². The fourth-order valence-electron chi connectivity index (χ4n) is 3.04. The maximum absolute atomic E-state index is 14.7. The molecule has 0 saturated heterocycles. The molecule has 0 bridgehead atoms. The quantitative estimate of drug-likeness (QED) is 0.749. The van der Waals surface area contributed by atoms with E-state index in [-0.39, 0.29) is 12.4 Å². The van der Waals surface area contributed by atoms with Gasteiger partial charge in [0.2, 0.25) is 6.41 Å². The average molecular weight is 379 g/mol. The zero-order valence-electron chi connectivity index (χ0n) is 14.9. The van der Waals surface area contributed by atoms with Crippen molar-refractivity contribution in [2.75, 3.05) is 6.54 Å². The van der Waals surface area contributed by atoms with Crippen LogP contribution in [-0.4, -0.2) is 32.8 Å². The van der Waals surface area contributed by atoms with Gasteiger partial charge in [-0.3, -0.25) is 9.48 Å². The molecule has 0 unspecified atom stereocenters. The lowest BCUT2D eigenvalue weighted by Crippen LogP contribution is -2.29. The number of hydrogen-bond donors (Lipinski definition) is 0. The molecule has 1 aliphatic heterocycles. The number of hydrogen-bond acceptors (Lipinski definition) is 4. The summed E-state index contributed by atoms with van der Waals surface area (Å²) in [7, 11) is 1.78. The summed E-state index contributed by atoms with van der Waals surface area (Å²) < 4.78 is 22.1. The Hall–Kier alpha value is -2.41. The second kappa shape index (κ2) is 7.45. The van der Waals surface area contributed by atoms with Gasteiger partial charge in [-0.2, -0.15) is 0 Å². The molecule has 0 spiro atoms. The van der Waals surface area contributed by atoms with Gasteiger partial charge in [-0.15, -0.1) is 5.10 Å². The minimum absolute atomic E-state index is 0.0746. The van der Waals surface area contributed by atoms with Crippen LogP contribution in [0.1, 0.15) is 35.9 Å². The van der Waals surface area contributed by atoms with Gasteiger partial charge in [-0.1, -0.05) is 29.8 Å². The van der Waals surface area contributed by atoms with E-state index < -0.39 is 5.82 Å². The molecule has 2 heterocycles. The maximum atomic E-state index is 14.7. The Balaban J connectivity index is 2.06. The highest BCUT2D eigenvalue weighted by Gasteiger charge is 2.29. The predicted molar refractivity (Wildman–Crippen MR) is 96.2 cm³/mol. The standard InChI is InChI=1S/C18H20ClFN4O2/c1-4-5-16-17-12(6-7-24(16)10-25)13(19)8-14(20)18(17)26-9-15-11(2)23(3)22-21-15/h5,8,10H,4,6-7,9H2,1-3H3/b16-5-. The van der Waals surface area contributed by atoms with Crippen molar-refractivity contribution < 1.29 is 13.9 Å². The van der Waals surface area contributed by atoms with E-state index in [0.29, 0.717) is 41.4 Å². The van der Waals surface area contributed by atoms with E-state index in [1.54, 1.807) is 16.6 Å². The molecule has 0 saturated carbocycles. The number of nitrogens with zero attached hydrogens (tertiary/aromatic N) is 4. The monoisotopic (exact) mass is 378 g/mol. The summed E-state index contributed by atoms with van der Waals surface area (Å²) in [6.07, 6.45) is 3.85. The zero-order chi connectivity index (χ0) is 18.8. The van der Waals surface area contributed by atoms with E-state index >= 15 is 0 Å². The van der Waals surface area contributed by atoms with Crippen molar-refractivity contribution in [3.8, 4) is 5.75 Å². The van der Waals surface area contributed by atoms with Crippen LogP contribution >= 0.6 is 11.6 Å². The number of carbonyl (C=O) groups is 1. The number of aromatic nitrogens is 3. The Kier molecular flexibility index (Phi) is 5.27. The van der Waals surface area contributed by atoms with Crippen LogP contribution in [0.15, 0.2) is 12.1 Å². The first kappa shape index (κ1) is 18.4. The number of ether oxygens (including phenoxy) is 1. The highest BCUT2D eigenvalue weighted by atomic mass is 35.5. The fraction of sp³-hybridized carbons (Fsp3) is 0.389. The second-order valence-corrected chi connectivity index (χ2v) is 6.51. The van der Waals surface area contributed by atoms with Gasteiger partial charge in [0.05, 0.1) is 11.4 Å². The van der Waals surface area contributed by atoms with Gasteiger partial charge in [0.1, 0.15) is 12.3 Å². The van der Waals surface area contributed by atoms with E-state index in [1.807, 2.05) is 19.9 Å². The van der Waals surface area contributed by atoms with Crippen molar-refractivity contribution in [1.82, 2.24) is 19.9 Å². The van der Waals surface area contributed by atoms with Gasteiger partial charge in [-0.25, -0.2) is 4.39 Å². The highest BCUT2D eigenvalue weighted by molar-refractivity contribution is 6.31. The Morgan fingerprint density at radius 1 is 1.46 bits per heavy atom. The number of benzene rings is 1. The van der Waals surface area contributed by atoms with E-state index in [1.165, 1.54) is 6.07 Å². The third-order valence-corrected chi connectivity index (χ3v) is 4.87. The lowest BCUT2D eigenvalue weighted by atomic mass is 9.94. The van der Waals surface area contributed by atoms with Crippen molar-refractivity contribution in [1.29, 1.82) is 0 Å². The first-order chi connectivity index (χ1) is 12.5. The van der Waals surface area contributed by atoms with Crippen LogP contribution in [0.25, 0.3) is 5.70 Å². The lowest BCUT2D eigenvalue weighted by Gasteiger charge is -2.31. The van der Waals surface area contributed by atoms with Crippen LogP contribution in [-0.2, 0) is 24.9 Å². The topological polar surface area (TPSA) is 60.3 Å². The Labute approximate surface area is 156 Å². The normalized spacial score (nSPS) is 15.3. The molecule has 2 aromatic rings. The van der Waals surface area contributed by atoms with Crippen LogP contribution in [0.3, 0.4) is 0 Å². The van der Waals surface area contributed by atoms with Crippen LogP contribution in [0.4, 0.5) is 4.39 Å². The van der Waals surface area contributed by atoms with Crippen LogP contribution in [0.2, 0.25) is 5.02 Å². The molecule has 6 nitrogen and oxygen atoms in total. The van der Waals surface area contributed by atoms with Gasteiger partial charge >= 0.3 is 0 Å². The minimum atomic E-state index is -0.565. The van der Waals surface area contributed by atoms with Gasteiger partial charge in [-0.05, 0) is 31.4 Å². The molecule has 0 aliphatic carbocycles. The summed E-state index contributed by atoms with van der Waals surface area (Å²) in [6.45, 7) is 4.39. The molecule has 0 N–H and O–H groups in total. The molecular formula is C18H20ClFN4O2. The molecule has 0 fully saturated rings. The summed E-state index contributed by atoms with van der Waals surface area (Å²) >= 11 is 6.27. The Morgan fingerprint density at radius 3 is 2.85 bits per heavy atom. The first-order valence-corrected chi connectivity index (χ1v) is 8.77. The van der Waals surface area contributed by atoms with E-state index in [2.05, 4.69) is 10.3 Å². The Morgan fingerprint density at radius 2 is 2.23 bits per heavy atom. The number of aryl methyl sites for hydroxylation is 1. The number of rotatable bonds is 5. The molecule has 8 heteroatoms. The molecular weight excluding hydrogens is 359 g/mol. The summed E-state index contributed by atoms with van der Waals surface area (Å²) in [6, 6.07) is 1.26. The smallest absolute Gasteiger partial charge is 0.214 e. The third-order valence-electron chi connectivity index (χ3n) is 4.54. The molecule has 3 rings (SSSR count). The average Bonchev–Trinajstić information content (AvgIpc) is 2.94. The van der Waals surface area contributed by atoms with Crippen molar-refractivity contribution in [2.24, 2.45) is 7.05 Å². The minimum Gasteiger partial charge on any atom is -0.483 e. The predicted octanol–water partition coefficient (Wildman–Crippen LogP) is 3.26. The first-order valence-electron chi connectivity index (χ1n) is 8.39. The molecule has 1 aromatic carbocycles. The van der Waals surface area contributed by atoms with Crippen molar-refractivity contribution >= 4 is 23.7 Å². The molecule has 138 valence electrons. The number of carbonyl (C=O) groups excluding carboxylic acids is 1. The Bertz CT molecular complexity index is 879. The number of halogens is 2. The number of amides is 1. The summed E-state index contributed by atoms with van der Waals surface area (Å²) in [5.74, 6) is -0.481. The zero-order valence-corrected chi connectivity index (χ0v) is 15.7. The third kappa shape index (κ3) is 3.19. The van der Waals surface area contributed by atoms with Crippen LogP contribution in [0, 0.1) is 12.7 Å². The van der Waals surface area contributed by atoms with Crippen molar-refractivity contribution in [3.05, 3.63) is 45.5 Å². The molecule has 1 amide bonds.